The molecule has 3 nitrogen and oxygen atoms in total. The second-order valence-corrected chi connectivity index (χ2v) is 5.48. The number of hydrogen-bond acceptors (Lipinski definition) is 4. The second kappa shape index (κ2) is 3.98. The van der Waals surface area contributed by atoms with Gasteiger partial charge in [-0.05, 0) is 41.6 Å². The summed E-state index contributed by atoms with van der Waals surface area (Å²) in [5.74, 6) is 0.245. The fourth-order valence-electron chi connectivity index (χ4n) is 1.27. The Morgan fingerprint density at radius 2 is 2.43 bits per heavy atom. The number of carbonyl (C=O) groups excluding carboxylic acids is 1. The summed E-state index contributed by atoms with van der Waals surface area (Å²) in [4.78, 5) is 16.7. The number of esters is 1. The molecule has 0 radical (unpaired) electrons. The average molecular weight is 276 g/mol. The van der Waals surface area contributed by atoms with Crippen LogP contribution in [0.5, 0.6) is 0 Å². The van der Waals surface area contributed by atoms with Crippen LogP contribution in [0.1, 0.15) is 41.0 Å². The highest BCUT2D eigenvalue weighted by molar-refractivity contribution is 9.11. The average Bonchev–Trinajstić information content (AvgIpc) is 2.90. The Kier molecular flexibility index (Phi) is 2.88. The van der Waals surface area contributed by atoms with Crippen LogP contribution in [0.3, 0.4) is 0 Å². The molecular weight excluding hydrogens is 266 g/mol. The summed E-state index contributed by atoms with van der Waals surface area (Å²) in [6.07, 6.45) is 2.34. The van der Waals surface area contributed by atoms with Gasteiger partial charge in [0.2, 0.25) is 0 Å². The number of ether oxygens (including phenoxy) is 1. The van der Waals surface area contributed by atoms with E-state index >= 15 is 0 Å². The predicted octanol–water partition coefficient (Wildman–Crippen LogP) is 2.96. The summed E-state index contributed by atoms with van der Waals surface area (Å²) >= 11 is 4.84. The van der Waals surface area contributed by atoms with Crippen molar-refractivity contribution in [2.75, 3.05) is 6.61 Å². The molecule has 1 saturated carbocycles. The number of aromatic nitrogens is 1. The van der Waals surface area contributed by atoms with Crippen LogP contribution in [0.25, 0.3) is 0 Å². The van der Waals surface area contributed by atoms with E-state index in [4.69, 9.17) is 4.74 Å². The molecule has 0 unspecified atom stereocenters. The van der Waals surface area contributed by atoms with Gasteiger partial charge in [0.25, 0.3) is 0 Å². The molecule has 1 aromatic rings. The summed E-state index contributed by atoms with van der Waals surface area (Å²) < 4.78 is 5.71. The van der Waals surface area contributed by atoms with Crippen molar-refractivity contribution in [2.45, 2.75) is 25.7 Å². The highest BCUT2D eigenvalue weighted by Crippen LogP contribution is 2.45. The van der Waals surface area contributed by atoms with Crippen molar-refractivity contribution in [3.05, 3.63) is 14.5 Å². The Labute approximate surface area is 94.6 Å². The van der Waals surface area contributed by atoms with Crippen LogP contribution in [0, 0.1) is 0 Å². The Morgan fingerprint density at radius 3 is 3.00 bits per heavy atom. The van der Waals surface area contributed by atoms with Gasteiger partial charge in [-0.1, -0.05) is 0 Å². The van der Waals surface area contributed by atoms with Gasteiger partial charge < -0.3 is 4.74 Å². The zero-order valence-electron chi connectivity index (χ0n) is 7.75. The monoisotopic (exact) mass is 275 g/mol. The molecule has 0 aromatic carbocycles. The first-order valence-corrected chi connectivity index (χ1v) is 6.16. The number of halogens is 1. The van der Waals surface area contributed by atoms with E-state index < -0.39 is 0 Å². The lowest BCUT2D eigenvalue weighted by molar-refractivity contribution is 0.0519. The quantitative estimate of drug-likeness (QED) is 0.797. The zero-order chi connectivity index (χ0) is 10.1. The summed E-state index contributed by atoms with van der Waals surface area (Å²) in [5.41, 5.74) is 0.506. The van der Waals surface area contributed by atoms with Gasteiger partial charge in [0, 0.05) is 4.88 Å². The van der Waals surface area contributed by atoms with Gasteiger partial charge in [0.15, 0.2) is 9.61 Å². The molecule has 1 fully saturated rings. The van der Waals surface area contributed by atoms with Crippen LogP contribution in [0.4, 0.5) is 0 Å². The molecule has 1 aliphatic rings. The smallest absolute Gasteiger partial charge is 0.358 e. The molecule has 0 saturated heterocycles. The van der Waals surface area contributed by atoms with Gasteiger partial charge in [0.05, 0.1) is 6.61 Å². The molecule has 76 valence electrons. The molecular formula is C9H10BrNO2S. The maximum Gasteiger partial charge on any atom is 0.358 e. The van der Waals surface area contributed by atoms with Crippen LogP contribution in [-0.4, -0.2) is 17.6 Å². The number of rotatable bonds is 3. The van der Waals surface area contributed by atoms with Crippen molar-refractivity contribution in [3.63, 3.8) is 0 Å². The highest BCUT2D eigenvalue weighted by atomic mass is 79.9. The van der Waals surface area contributed by atoms with Crippen molar-refractivity contribution >= 4 is 33.2 Å². The molecule has 0 aliphatic heterocycles. The van der Waals surface area contributed by atoms with Crippen molar-refractivity contribution in [2.24, 2.45) is 0 Å². The van der Waals surface area contributed by atoms with E-state index in [9.17, 15) is 4.79 Å². The largest absolute Gasteiger partial charge is 0.461 e. The van der Waals surface area contributed by atoms with E-state index in [1.54, 1.807) is 18.3 Å². The van der Waals surface area contributed by atoms with Crippen molar-refractivity contribution in [1.82, 2.24) is 4.98 Å². The number of thiazole rings is 1. The first-order chi connectivity index (χ1) is 6.72. The van der Waals surface area contributed by atoms with E-state index in [1.807, 2.05) is 0 Å². The maximum absolute atomic E-state index is 11.5. The third-order valence-electron chi connectivity index (χ3n) is 2.04. The Balaban J connectivity index is 2.26. The van der Waals surface area contributed by atoms with E-state index in [-0.39, 0.29) is 5.97 Å². The van der Waals surface area contributed by atoms with E-state index in [1.165, 1.54) is 12.8 Å². The fraction of sp³-hybridized carbons (Fsp3) is 0.556. The highest BCUT2D eigenvalue weighted by Gasteiger charge is 2.32. The van der Waals surface area contributed by atoms with Crippen molar-refractivity contribution in [1.29, 1.82) is 0 Å². The maximum atomic E-state index is 11.5. The van der Waals surface area contributed by atoms with Gasteiger partial charge in [-0.2, -0.15) is 0 Å². The van der Waals surface area contributed by atoms with Gasteiger partial charge in [-0.3, -0.25) is 0 Å². The van der Waals surface area contributed by atoms with Crippen LogP contribution < -0.4 is 0 Å². The molecule has 0 atom stereocenters. The Morgan fingerprint density at radius 1 is 1.71 bits per heavy atom. The summed E-state index contributed by atoms with van der Waals surface area (Å²) in [5, 5.41) is 0. The number of hydrogen-bond donors (Lipinski definition) is 0. The summed E-state index contributed by atoms with van der Waals surface area (Å²) in [7, 11) is 0. The minimum absolute atomic E-state index is 0.295. The van der Waals surface area contributed by atoms with Gasteiger partial charge in [-0.25, -0.2) is 9.78 Å². The van der Waals surface area contributed by atoms with E-state index in [2.05, 4.69) is 20.9 Å². The van der Waals surface area contributed by atoms with Crippen molar-refractivity contribution < 1.29 is 9.53 Å². The molecule has 5 heteroatoms. The number of nitrogens with zero attached hydrogens (tertiary/aromatic N) is 1. The summed E-state index contributed by atoms with van der Waals surface area (Å²) in [6, 6.07) is 0. The molecule has 1 aromatic heterocycles. The van der Waals surface area contributed by atoms with E-state index in [0.29, 0.717) is 18.2 Å². The molecule has 1 heterocycles. The molecule has 0 spiro atoms. The minimum atomic E-state index is -0.295. The molecule has 0 N–H and O–H groups in total. The first-order valence-electron chi connectivity index (χ1n) is 4.55. The van der Waals surface area contributed by atoms with Crippen LogP contribution in [0.15, 0.2) is 3.92 Å². The molecule has 1 aliphatic carbocycles. The topological polar surface area (TPSA) is 39.2 Å². The summed E-state index contributed by atoms with van der Waals surface area (Å²) in [6.45, 7) is 2.20. The number of carbonyl (C=O) groups is 1. The van der Waals surface area contributed by atoms with Crippen LogP contribution in [-0.2, 0) is 4.74 Å². The first kappa shape index (κ1) is 10.1. The van der Waals surface area contributed by atoms with E-state index in [0.717, 1.165) is 8.79 Å². The SMILES string of the molecule is CCOC(=O)c1nc(Br)sc1C1CC1. The minimum Gasteiger partial charge on any atom is -0.461 e. The third-order valence-corrected chi connectivity index (χ3v) is 3.71. The zero-order valence-corrected chi connectivity index (χ0v) is 10.2. The fourth-order valence-corrected chi connectivity index (χ4v) is 2.92. The van der Waals surface area contributed by atoms with Crippen molar-refractivity contribution in [3.8, 4) is 0 Å². The van der Waals surface area contributed by atoms with Crippen LogP contribution in [0.2, 0.25) is 0 Å². The van der Waals surface area contributed by atoms with Crippen LogP contribution >= 0.6 is 27.3 Å². The normalized spacial score (nSPS) is 15.6. The predicted molar refractivity (Wildman–Crippen MR) is 57.7 cm³/mol. The molecule has 0 bridgehead atoms. The lowest BCUT2D eigenvalue weighted by Gasteiger charge is -1.99. The Hall–Kier alpha value is -0.420. The lowest BCUT2D eigenvalue weighted by Crippen LogP contribution is -2.07. The Bertz CT molecular complexity index is 360. The molecule has 0 amide bonds. The molecule has 2 rings (SSSR count). The standard InChI is InChI=1S/C9H10BrNO2S/c1-2-13-8(12)6-7(5-3-4-5)14-9(10)11-6/h5H,2-4H2,1H3. The van der Waals surface area contributed by atoms with Gasteiger partial charge in [-0.15, -0.1) is 11.3 Å². The second-order valence-electron chi connectivity index (χ2n) is 3.17. The third kappa shape index (κ3) is 1.98. The van der Waals surface area contributed by atoms with Gasteiger partial charge >= 0.3 is 5.97 Å². The van der Waals surface area contributed by atoms with Gasteiger partial charge in [0.1, 0.15) is 0 Å². The lowest BCUT2D eigenvalue weighted by atomic mass is 10.3. The molecule has 14 heavy (non-hydrogen) atoms.